The molecule has 2 saturated heterocycles. The number of rotatable bonds is 3. The van der Waals surface area contributed by atoms with E-state index in [1.807, 2.05) is 6.20 Å². The number of likely N-dealkylation sites (tertiary alicyclic amines) is 1. The van der Waals surface area contributed by atoms with Crippen LogP contribution in [0.5, 0.6) is 0 Å². The first-order valence-electron chi connectivity index (χ1n) is 10.6. The van der Waals surface area contributed by atoms with E-state index >= 15 is 0 Å². The van der Waals surface area contributed by atoms with E-state index in [1.54, 1.807) is 12.4 Å². The summed E-state index contributed by atoms with van der Waals surface area (Å²) >= 11 is 0. The molecule has 3 atom stereocenters. The van der Waals surface area contributed by atoms with Crippen molar-refractivity contribution in [3.63, 3.8) is 0 Å². The van der Waals surface area contributed by atoms with Gasteiger partial charge in [-0.2, -0.15) is 0 Å². The van der Waals surface area contributed by atoms with Crippen LogP contribution in [0.25, 0.3) is 0 Å². The number of hydrogen-bond acceptors (Lipinski definition) is 9. The average Bonchev–Trinajstić information content (AvgIpc) is 3.12. The minimum absolute atomic E-state index is 0.0938. The number of hydrogen-bond donors (Lipinski definition) is 1. The van der Waals surface area contributed by atoms with Gasteiger partial charge in [-0.15, -0.1) is 0 Å². The van der Waals surface area contributed by atoms with Gasteiger partial charge in [0.2, 0.25) is 11.9 Å². The van der Waals surface area contributed by atoms with Crippen LogP contribution in [-0.2, 0) is 28.0 Å². The summed E-state index contributed by atoms with van der Waals surface area (Å²) in [7, 11) is 0. The van der Waals surface area contributed by atoms with Crippen LogP contribution in [0.2, 0.25) is 0 Å². The zero-order chi connectivity index (χ0) is 20.7. The van der Waals surface area contributed by atoms with Gasteiger partial charge in [0.15, 0.2) is 0 Å². The molecule has 0 aliphatic carbocycles. The maximum absolute atomic E-state index is 5.99. The van der Waals surface area contributed by atoms with Gasteiger partial charge in [-0.05, 0) is 26.8 Å². The van der Waals surface area contributed by atoms with E-state index in [-0.39, 0.29) is 17.6 Å². The zero-order valence-corrected chi connectivity index (χ0v) is 17.6. The summed E-state index contributed by atoms with van der Waals surface area (Å²) in [6.07, 6.45) is 6.94. The molecule has 30 heavy (non-hydrogen) atoms. The van der Waals surface area contributed by atoms with Crippen molar-refractivity contribution in [2.24, 2.45) is 0 Å². The van der Waals surface area contributed by atoms with Crippen molar-refractivity contribution in [2.75, 3.05) is 43.4 Å². The number of morpholine rings is 1. The van der Waals surface area contributed by atoms with Crippen LogP contribution in [0.3, 0.4) is 0 Å². The molecule has 0 bridgehead atoms. The predicted molar refractivity (Wildman–Crippen MR) is 112 cm³/mol. The lowest BCUT2D eigenvalue weighted by molar-refractivity contribution is -0.00584. The third-order valence-electron chi connectivity index (χ3n) is 6.26. The van der Waals surface area contributed by atoms with E-state index < -0.39 is 0 Å². The summed E-state index contributed by atoms with van der Waals surface area (Å²) in [4.78, 5) is 22.7. The van der Waals surface area contributed by atoms with Gasteiger partial charge in [-0.1, -0.05) is 0 Å². The van der Waals surface area contributed by atoms with Crippen LogP contribution in [0.4, 0.5) is 11.9 Å². The highest BCUT2D eigenvalue weighted by molar-refractivity contribution is 5.39. The van der Waals surface area contributed by atoms with Gasteiger partial charge in [0.1, 0.15) is 0 Å². The average molecular weight is 412 g/mol. The first-order valence-corrected chi connectivity index (χ1v) is 10.6. The monoisotopic (exact) mass is 411 g/mol. The number of aromatic nitrogens is 4. The Labute approximate surface area is 176 Å². The quantitative estimate of drug-likeness (QED) is 0.796. The number of nitrogens with two attached hydrogens (primary N) is 1. The maximum Gasteiger partial charge on any atom is 0.225 e. The van der Waals surface area contributed by atoms with Crippen LogP contribution in [0, 0.1) is 0 Å². The molecule has 3 aliphatic rings. The molecule has 9 nitrogen and oxygen atoms in total. The fourth-order valence-electron chi connectivity index (χ4n) is 4.99. The third-order valence-corrected chi connectivity index (χ3v) is 6.26. The summed E-state index contributed by atoms with van der Waals surface area (Å²) in [5, 5.41) is 0. The van der Waals surface area contributed by atoms with Gasteiger partial charge in [0, 0.05) is 55.9 Å². The highest BCUT2D eigenvalue weighted by Crippen LogP contribution is 2.40. The van der Waals surface area contributed by atoms with Gasteiger partial charge in [0.05, 0.1) is 36.5 Å². The predicted octanol–water partition coefficient (Wildman–Crippen LogP) is 1.14. The van der Waals surface area contributed by atoms with Gasteiger partial charge in [0.25, 0.3) is 0 Å². The molecule has 0 saturated carbocycles. The SMILES string of the molecule is C[C@@H]1CN(c2ncc3c(n2)[C@]2(CCN(Cc4cnc(N)nc4)C2)COC3)C[C@@H](C)O1. The summed E-state index contributed by atoms with van der Waals surface area (Å²) < 4.78 is 11.9. The molecule has 2 N–H and O–H groups in total. The van der Waals surface area contributed by atoms with Crippen LogP contribution in [0.1, 0.15) is 37.1 Å². The molecule has 160 valence electrons. The second kappa shape index (κ2) is 7.72. The molecule has 9 heteroatoms. The molecule has 0 aromatic carbocycles. The first-order chi connectivity index (χ1) is 14.5. The fourth-order valence-corrected chi connectivity index (χ4v) is 4.99. The summed E-state index contributed by atoms with van der Waals surface area (Å²) in [6.45, 7) is 9.80. The molecule has 5 heterocycles. The molecular formula is C21H29N7O2. The summed E-state index contributed by atoms with van der Waals surface area (Å²) in [5.41, 5.74) is 8.85. The Hall–Kier alpha value is -2.36. The van der Waals surface area contributed by atoms with Gasteiger partial charge in [-0.3, -0.25) is 4.90 Å². The van der Waals surface area contributed by atoms with Crippen molar-refractivity contribution in [3.8, 4) is 0 Å². The zero-order valence-electron chi connectivity index (χ0n) is 17.6. The van der Waals surface area contributed by atoms with Crippen molar-refractivity contribution in [1.82, 2.24) is 24.8 Å². The number of nitrogen functional groups attached to an aromatic ring is 1. The lowest BCUT2D eigenvalue weighted by atomic mass is 9.80. The Kier molecular flexibility index (Phi) is 5.04. The molecule has 0 unspecified atom stereocenters. The lowest BCUT2D eigenvalue weighted by Crippen LogP contribution is -2.47. The number of ether oxygens (including phenoxy) is 2. The van der Waals surface area contributed by atoms with E-state index in [0.29, 0.717) is 19.2 Å². The Balaban J connectivity index is 1.38. The van der Waals surface area contributed by atoms with Crippen molar-refractivity contribution in [1.29, 1.82) is 0 Å². The van der Waals surface area contributed by atoms with Crippen molar-refractivity contribution in [2.45, 2.75) is 51.0 Å². The number of anilines is 2. The van der Waals surface area contributed by atoms with Crippen LogP contribution in [0.15, 0.2) is 18.6 Å². The molecule has 0 amide bonds. The van der Waals surface area contributed by atoms with Gasteiger partial charge >= 0.3 is 0 Å². The standard InChI is InChI=1S/C21H29N7O2/c1-14-8-28(9-15(2)30-14)20-25-7-17-11-29-13-21(18(17)26-20)3-4-27(12-21)10-16-5-23-19(22)24-6-16/h5-7,14-15H,3-4,8-13H2,1-2H3,(H2,22,23,24)/t14-,15-,21+/m1/s1. The van der Waals surface area contributed by atoms with E-state index in [1.165, 1.54) is 0 Å². The fraction of sp³-hybridized carbons (Fsp3) is 0.619. The van der Waals surface area contributed by atoms with E-state index in [4.69, 9.17) is 20.2 Å². The Morgan fingerprint density at radius 2 is 1.90 bits per heavy atom. The Bertz CT molecular complexity index is 899. The molecule has 2 aromatic heterocycles. The van der Waals surface area contributed by atoms with Crippen molar-refractivity contribution >= 4 is 11.9 Å². The minimum atomic E-state index is -0.0938. The maximum atomic E-state index is 5.99. The summed E-state index contributed by atoms with van der Waals surface area (Å²) in [6, 6.07) is 0. The second-order valence-electron chi connectivity index (χ2n) is 8.89. The first kappa shape index (κ1) is 19.6. The smallest absolute Gasteiger partial charge is 0.225 e. The molecule has 1 spiro atoms. The lowest BCUT2D eigenvalue weighted by Gasteiger charge is -2.38. The highest BCUT2D eigenvalue weighted by Gasteiger charge is 2.45. The van der Waals surface area contributed by atoms with Crippen molar-refractivity contribution < 1.29 is 9.47 Å². The minimum Gasteiger partial charge on any atom is -0.376 e. The van der Waals surface area contributed by atoms with E-state index in [0.717, 1.165) is 61.9 Å². The number of nitrogens with zero attached hydrogens (tertiary/aromatic N) is 6. The van der Waals surface area contributed by atoms with Crippen LogP contribution in [-0.4, -0.2) is 69.8 Å². The van der Waals surface area contributed by atoms with Crippen LogP contribution < -0.4 is 10.6 Å². The Morgan fingerprint density at radius 1 is 1.13 bits per heavy atom. The molecule has 0 radical (unpaired) electrons. The topological polar surface area (TPSA) is 103 Å². The highest BCUT2D eigenvalue weighted by atomic mass is 16.5. The molecule has 5 rings (SSSR count). The van der Waals surface area contributed by atoms with E-state index in [2.05, 4.69) is 38.6 Å². The normalized spacial score (nSPS) is 29.3. The molecule has 3 aliphatic heterocycles. The van der Waals surface area contributed by atoms with E-state index in [9.17, 15) is 0 Å². The van der Waals surface area contributed by atoms with Gasteiger partial charge in [-0.25, -0.2) is 19.9 Å². The molecule has 2 fully saturated rings. The van der Waals surface area contributed by atoms with Crippen LogP contribution >= 0.6 is 0 Å². The second-order valence-corrected chi connectivity index (χ2v) is 8.89. The molecule has 2 aromatic rings. The third kappa shape index (κ3) is 3.73. The number of fused-ring (bicyclic) bond motifs is 2. The molecular weight excluding hydrogens is 382 g/mol. The van der Waals surface area contributed by atoms with Crippen molar-refractivity contribution in [3.05, 3.63) is 35.4 Å². The largest absolute Gasteiger partial charge is 0.376 e. The van der Waals surface area contributed by atoms with Gasteiger partial charge < -0.3 is 20.1 Å². The summed E-state index contributed by atoms with van der Waals surface area (Å²) in [5.74, 6) is 1.12. The Morgan fingerprint density at radius 3 is 2.67 bits per heavy atom.